The normalized spacial score (nSPS) is 12.3. The fourth-order valence-electron chi connectivity index (χ4n) is 2.73. The van der Waals surface area contributed by atoms with Gasteiger partial charge in [-0.1, -0.05) is 42.5 Å². The molecule has 0 aliphatic rings. The number of alkyl carbamates (subject to hydrolysis) is 1. The van der Waals surface area contributed by atoms with Crippen LogP contribution in [0, 0.1) is 0 Å². The van der Waals surface area contributed by atoms with Gasteiger partial charge in [0.2, 0.25) is 11.8 Å². The van der Waals surface area contributed by atoms with Crippen LogP contribution in [0.3, 0.4) is 0 Å². The Bertz CT molecular complexity index is 857. The van der Waals surface area contributed by atoms with E-state index in [1.807, 2.05) is 30.3 Å². The molecule has 9 heteroatoms. The molecule has 0 spiro atoms. The lowest BCUT2D eigenvalue weighted by Crippen LogP contribution is -2.47. The Kier molecular flexibility index (Phi) is 9.31. The zero-order valence-corrected chi connectivity index (χ0v) is 17.2. The van der Waals surface area contributed by atoms with Gasteiger partial charge in [-0.15, -0.1) is 0 Å². The highest BCUT2D eigenvalue weighted by Crippen LogP contribution is 2.13. The summed E-state index contributed by atoms with van der Waals surface area (Å²) in [5.74, 6) is -0.591. The van der Waals surface area contributed by atoms with Crippen molar-refractivity contribution < 1.29 is 29.0 Å². The summed E-state index contributed by atoms with van der Waals surface area (Å²) in [6, 6.07) is 15.2. The second kappa shape index (κ2) is 12.2. The molecular weight excluding hydrogens is 402 g/mol. The molecule has 0 unspecified atom stereocenters. The van der Waals surface area contributed by atoms with Gasteiger partial charge in [0.05, 0.1) is 19.6 Å². The van der Waals surface area contributed by atoms with Crippen LogP contribution in [0.1, 0.15) is 17.5 Å². The molecule has 0 bridgehead atoms. The largest absolute Gasteiger partial charge is 0.497 e. The van der Waals surface area contributed by atoms with E-state index in [4.69, 9.17) is 15.2 Å². The number of ether oxygens (including phenoxy) is 2. The Hall–Kier alpha value is -3.59. The van der Waals surface area contributed by atoms with Gasteiger partial charge in [0.25, 0.3) is 0 Å². The van der Waals surface area contributed by atoms with E-state index in [-0.39, 0.29) is 26.0 Å². The highest BCUT2D eigenvalue weighted by molar-refractivity contribution is 5.87. The summed E-state index contributed by atoms with van der Waals surface area (Å²) in [4.78, 5) is 35.6. The number of hydrogen-bond donors (Lipinski definition) is 4. The molecule has 9 nitrogen and oxygen atoms in total. The van der Waals surface area contributed by atoms with Crippen LogP contribution >= 0.6 is 0 Å². The Morgan fingerprint density at radius 1 is 1.03 bits per heavy atom. The van der Waals surface area contributed by atoms with Crippen molar-refractivity contribution in [2.75, 3.05) is 13.7 Å². The maximum absolute atomic E-state index is 12.2. The number of aliphatic hydroxyl groups excluding tert-OH is 1. The number of nitrogens with one attached hydrogen (secondary N) is 2. The van der Waals surface area contributed by atoms with E-state index < -0.39 is 30.1 Å². The van der Waals surface area contributed by atoms with Crippen LogP contribution in [0.4, 0.5) is 4.79 Å². The molecule has 5 N–H and O–H groups in total. The standard InChI is InChI=1S/C22H27N3O6/c1-30-18-9-7-15(8-10-18)11-19(21(23)28)25-20(27)12-17(26)13-24-22(29)31-14-16-5-3-2-4-6-16/h2-10,17,19,26H,11-14H2,1H3,(H2,23,28)(H,24,29)(H,25,27)/t17-,19+/m1/s1. The molecule has 0 saturated heterocycles. The number of carbonyl (C=O) groups is 3. The van der Waals surface area contributed by atoms with Gasteiger partial charge in [-0.3, -0.25) is 9.59 Å². The van der Waals surface area contributed by atoms with Gasteiger partial charge in [0, 0.05) is 13.0 Å². The number of rotatable bonds is 11. The number of benzene rings is 2. The molecule has 0 heterocycles. The highest BCUT2D eigenvalue weighted by Gasteiger charge is 2.21. The molecule has 166 valence electrons. The van der Waals surface area contributed by atoms with Crippen molar-refractivity contribution in [3.8, 4) is 5.75 Å². The number of aliphatic hydroxyl groups is 1. The van der Waals surface area contributed by atoms with Crippen molar-refractivity contribution in [1.29, 1.82) is 0 Å². The van der Waals surface area contributed by atoms with E-state index in [0.29, 0.717) is 5.75 Å². The lowest BCUT2D eigenvalue weighted by atomic mass is 10.0. The van der Waals surface area contributed by atoms with Gasteiger partial charge in [-0.2, -0.15) is 0 Å². The van der Waals surface area contributed by atoms with Gasteiger partial charge in [-0.25, -0.2) is 4.79 Å². The fraction of sp³-hybridized carbons (Fsp3) is 0.318. The molecule has 0 saturated carbocycles. The van der Waals surface area contributed by atoms with Crippen molar-refractivity contribution in [2.24, 2.45) is 5.73 Å². The SMILES string of the molecule is COc1ccc(C[C@H](NC(=O)C[C@@H](O)CNC(=O)OCc2ccccc2)C(N)=O)cc1. The summed E-state index contributed by atoms with van der Waals surface area (Å²) >= 11 is 0. The third-order valence-electron chi connectivity index (χ3n) is 4.39. The first kappa shape index (κ1) is 23.7. The minimum Gasteiger partial charge on any atom is -0.497 e. The van der Waals surface area contributed by atoms with Crippen LogP contribution in [-0.4, -0.2) is 48.8 Å². The van der Waals surface area contributed by atoms with Gasteiger partial charge < -0.3 is 30.9 Å². The summed E-state index contributed by atoms with van der Waals surface area (Å²) in [7, 11) is 1.55. The van der Waals surface area contributed by atoms with Gasteiger partial charge in [0.1, 0.15) is 18.4 Å². The molecule has 0 aliphatic heterocycles. The molecule has 31 heavy (non-hydrogen) atoms. The first-order chi connectivity index (χ1) is 14.9. The minimum absolute atomic E-state index is 0.0922. The molecule has 3 amide bonds. The van der Waals surface area contributed by atoms with Crippen LogP contribution in [0.25, 0.3) is 0 Å². The van der Waals surface area contributed by atoms with Crippen LogP contribution in [0.5, 0.6) is 5.75 Å². The van der Waals surface area contributed by atoms with Crippen molar-refractivity contribution in [3.05, 3.63) is 65.7 Å². The topological polar surface area (TPSA) is 140 Å². The summed E-state index contributed by atoms with van der Waals surface area (Å²) < 4.78 is 10.1. The summed E-state index contributed by atoms with van der Waals surface area (Å²) in [6.07, 6.45) is -1.98. The summed E-state index contributed by atoms with van der Waals surface area (Å²) in [5.41, 5.74) is 7.00. The fourth-order valence-corrected chi connectivity index (χ4v) is 2.73. The predicted octanol–water partition coefficient (Wildman–Crippen LogP) is 0.885. The highest BCUT2D eigenvalue weighted by atomic mass is 16.5. The van der Waals surface area contributed by atoms with E-state index in [1.165, 1.54) is 0 Å². The van der Waals surface area contributed by atoms with Gasteiger partial charge in [0.15, 0.2) is 0 Å². The van der Waals surface area contributed by atoms with Gasteiger partial charge in [-0.05, 0) is 23.3 Å². The Balaban J connectivity index is 1.74. The van der Waals surface area contributed by atoms with E-state index in [2.05, 4.69) is 10.6 Å². The molecule has 2 aromatic rings. The Labute approximate surface area is 180 Å². The lowest BCUT2D eigenvalue weighted by molar-refractivity contribution is -0.128. The Morgan fingerprint density at radius 2 is 1.71 bits per heavy atom. The first-order valence-corrected chi connectivity index (χ1v) is 9.71. The number of methoxy groups -OCH3 is 1. The monoisotopic (exact) mass is 429 g/mol. The quantitative estimate of drug-likeness (QED) is 0.418. The van der Waals surface area contributed by atoms with E-state index in [1.54, 1.807) is 31.4 Å². The molecule has 2 rings (SSSR count). The summed E-state index contributed by atoms with van der Waals surface area (Å²) in [5, 5.41) is 14.9. The van der Waals surface area contributed by atoms with Crippen LogP contribution in [-0.2, 0) is 27.4 Å². The third kappa shape index (κ3) is 8.75. The molecule has 0 radical (unpaired) electrons. The van der Waals surface area contributed by atoms with Crippen molar-refractivity contribution in [3.63, 3.8) is 0 Å². The molecule has 0 fully saturated rings. The maximum atomic E-state index is 12.2. The second-order valence-corrected chi connectivity index (χ2v) is 6.88. The number of primary amides is 1. The van der Waals surface area contributed by atoms with Crippen molar-refractivity contribution in [2.45, 2.75) is 31.6 Å². The zero-order valence-electron chi connectivity index (χ0n) is 17.2. The van der Waals surface area contributed by atoms with E-state index in [0.717, 1.165) is 11.1 Å². The first-order valence-electron chi connectivity index (χ1n) is 9.71. The minimum atomic E-state index is -1.15. The Morgan fingerprint density at radius 3 is 2.32 bits per heavy atom. The van der Waals surface area contributed by atoms with Crippen LogP contribution in [0.15, 0.2) is 54.6 Å². The smallest absolute Gasteiger partial charge is 0.407 e. The molecule has 0 aliphatic carbocycles. The van der Waals surface area contributed by atoms with E-state index in [9.17, 15) is 19.5 Å². The summed E-state index contributed by atoms with van der Waals surface area (Å²) in [6.45, 7) is -0.0876. The third-order valence-corrected chi connectivity index (χ3v) is 4.39. The number of hydrogen-bond acceptors (Lipinski definition) is 6. The van der Waals surface area contributed by atoms with E-state index >= 15 is 0 Å². The zero-order chi connectivity index (χ0) is 22.6. The van der Waals surface area contributed by atoms with Crippen molar-refractivity contribution in [1.82, 2.24) is 10.6 Å². The molecule has 0 aromatic heterocycles. The van der Waals surface area contributed by atoms with Crippen LogP contribution in [0.2, 0.25) is 0 Å². The van der Waals surface area contributed by atoms with Crippen LogP contribution < -0.4 is 21.1 Å². The molecule has 2 atom stereocenters. The lowest BCUT2D eigenvalue weighted by Gasteiger charge is -2.17. The average Bonchev–Trinajstić information content (AvgIpc) is 2.77. The van der Waals surface area contributed by atoms with Gasteiger partial charge >= 0.3 is 6.09 Å². The second-order valence-electron chi connectivity index (χ2n) is 6.88. The average molecular weight is 429 g/mol. The van der Waals surface area contributed by atoms with Crippen molar-refractivity contribution >= 4 is 17.9 Å². The molecule has 2 aromatic carbocycles. The maximum Gasteiger partial charge on any atom is 0.407 e. The molecular formula is C22H27N3O6. The predicted molar refractivity (Wildman–Crippen MR) is 113 cm³/mol. The number of amides is 3. The number of carbonyl (C=O) groups excluding carboxylic acids is 3. The number of nitrogens with two attached hydrogens (primary N) is 1.